The Kier molecular flexibility index (Phi) is 4.42. The van der Waals surface area contributed by atoms with E-state index in [9.17, 15) is 4.79 Å². The van der Waals surface area contributed by atoms with E-state index in [2.05, 4.69) is 37.9 Å². The van der Waals surface area contributed by atoms with Crippen LogP contribution in [0.3, 0.4) is 0 Å². The summed E-state index contributed by atoms with van der Waals surface area (Å²) < 4.78 is 0. The van der Waals surface area contributed by atoms with Crippen molar-refractivity contribution >= 4 is 22.8 Å². The van der Waals surface area contributed by atoms with Gasteiger partial charge in [0.25, 0.3) is 0 Å². The number of carbonyl (C=O) groups excluding carboxylic acids is 1. The standard InChI is InChI=1S/C20H20N6O/c1-3-17(27)26-8-4-5-15(11-26)25-20-18-16(10-22-19(18)23-12-24-20)14-7-6-13(2)21-9-14/h3,5-7,9-10,12H,1,4,8,11H2,2H3,(H2,22,23,24,25). The summed E-state index contributed by atoms with van der Waals surface area (Å²) >= 11 is 0. The molecule has 0 bridgehead atoms. The lowest BCUT2D eigenvalue weighted by Crippen LogP contribution is -2.36. The molecule has 27 heavy (non-hydrogen) atoms. The Morgan fingerprint density at radius 2 is 2.22 bits per heavy atom. The lowest BCUT2D eigenvalue weighted by molar-refractivity contribution is -0.125. The summed E-state index contributed by atoms with van der Waals surface area (Å²) in [7, 11) is 0. The number of rotatable bonds is 4. The first-order valence-corrected chi connectivity index (χ1v) is 8.78. The van der Waals surface area contributed by atoms with E-state index in [4.69, 9.17) is 0 Å². The van der Waals surface area contributed by atoms with Crippen molar-refractivity contribution in [1.29, 1.82) is 0 Å². The van der Waals surface area contributed by atoms with Crippen molar-refractivity contribution in [3.05, 3.63) is 61.0 Å². The molecule has 4 heterocycles. The molecule has 3 aromatic rings. The molecule has 7 heteroatoms. The third-order valence-electron chi connectivity index (χ3n) is 4.61. The van der Waals surface area contributed by atoms with Gasteiger partial charge in [0.1, 0.15) is 17.8 Å². The Morgan fingerprint density at radius 1 is 1.33 bits per heavy atom. The Morgan fingerprint density at radius 3 is 3.00 bits per heavy atom. The van der Waals surface area contributed by atoms with Crippen molar-refractivity contribution < 1.29 is 4.79 Å². The van der Waals surface area contributed by atoms with E-state index in [0.717, 1.165) is 40.0 Å². The average Bonchev–Trinajstić information content (AvgIpc) is 3.13. The molecule has 136 valence electrons. The molecule has 1 aliphatic heterocycles. The molecule has 0 spiro atoms. The molecule has 0 atom stereocenters. The fourth-order valence-electron chi connectivity index (χ4n) is 3.22. The zero-order valence-electron chi connectivity index (χ0n) is 15.1. The monoisotopic (exact) mass is 360 g/mol. The molecule has 2 N–H and O–H groups in total. The Balaban J connectivity index is 1.69. The van der Waals surface area contributed by atoms with Crippen LogP contribution < -0.4 is 5.32 Å². The number of aromatic nitrogens is 4. The average molecular weight is 360 g/mol. The van der Waals surface area contributed by atoms with Gasteiger partial charge in [0.2, 0.25) is 5.91 Å². The van der Waals surface area contributed by atoms with Gasteiger partial charge in [0, 0.05) is 41.5 Å². The smallest absolute Gasteiger partial charge is 0.246 e. The minimum atomic E-state index is -0.0664. The minimum absolute atomic E-state index is 0.0664. The first kappa shape index (κ1) is 17.0. The summed E-state index contributed by atoms with van der Waals surface area (Å²) in [4.78, 5) is 30.0. The normalized spacial score (nSPS) is 14.1. The molecule has 0 saturated heterocycles. The summed E-state index contributed by atoms with van der Waals surface area (Å²) in [6, 6.07) is 4.01. The Hall–Kier alpha value is -3.48. The summed E-state index contributed by atoms with van der Waals surface area (Å²) in [5, 5.41) is 4.28. The molecule has 0 aromatic carbocycles. The number of aromatic amines is 1. The molecule has 3 aromatic heterocycles. The summed E-state index contributed by atoms with van der Waals surface area (Å²) in [5.41, 5.74) is 4.62. The number of aryl methyl sites for hydroxylation is 1. The fraction of sp³-hybridized carbons (Fsp3) is 0.200. The highest BCUT2D eigenvalue weighted by molar-refractivity contribution is 6.01. The predicted octanol–water partition coefficient (Wildman–Crippen LogP) is 3.04. The molecule has 1 amide bonds. The van der Waals surface area contributed by atoms with Gasteiger partial charge in [0.05, 0.1) is 11.9 Å². The highest BCUT2D eigenvalue weighted by Gasteiger charge is 2.18. The Bertz CT molecular complexity index is 1030. The highest BCUT2D eigenvalue weighted by Crippen LogP contribution is 2.32. The first-order valence-electron chi connectivity index (χ1n) is 8.78. The fourth-order valence-corrected chi connectivity index (χ4v) is 3.22. The number of H-pyrrole nitrogens is 1. The van der Waals surface area contributed by atoms with Crippen molar-refractivity contribution in [2.75, 3.05) is 18.4 Å². The van der Waals surface area contributed by atoms with Gasteiger partial charge in [-0.2, -0.15) is 0 Å². The SMILES string of the molecule is C=CC(=O)N1CCC=C(Nc2ncnc3[nH]cc(-c4ccc(C)nc4)c23)C1. The molecule has 4 rings (SSSR count). The number of nitrogens with zero attached hydrogens (tertiary/aromatic N) is 4. The van der Waals surface area contributed by atoms with Crippen LogP contribution in [0.25, 0.3) is 22.2 Å². The largest absolute Gasteiger partial charge is 0.345 e. The molecule has 0 saturated carbocycles. The predicted molar refractivity (Wildman–Crippen MR) is 105 cm³/mol. The van der Waals surface area contributed by atoms with Crippen LogP contribution in [0, 0.1) is 6.92 Å². The molecule has 1 aliphatic rings. The molecular weight excluding hydrogens is 340 g/mol. The lowest BCUT2D eigenvalue weighted by Gasteiger charge is -2.27. The zero-order chi connectivity index (χ0) is 18.8. The van der Waals surface area contributed by atoms with E-state index in [1.807, 2.05) is 31.5 Å². The maximum atomic E-state index is 11.9. The van der Waals surface area contributed by atoms with Gasteiger partial charge in [-0.3, -0.25) is 9.78 Å². The maximum Gasteiger partial charge on any atom is 0.246 e. The molecule has 0 radical (unpaired) electrons. The van der Waals surface area contributed by atoms with Gasteiger partial charge in [-0.05, 0) is 25.5 Å². The molecule has 0 aliphatic carbocycles. The van der Waals surface area contributed by atoms with Gasteiger partial charge in [-0.25, -0.2) is 9.97 Å². The van der Waals surface area contributed by atoms with Crippen LogP contribution in [0.15, 0.2) is 55.3 Å². The van der Waals surface area contributed by atoms with Crippen molar-refractivity contribution in [2.24, 2.45) is 0 Å². The lowest BCUT2D eigenvalue weighted by atomic mass is 10.1. The molecule has 0 unspecified atom stereocenters. The van der Waals surface area contributed by atoms with Crippen molar-refractivity contribution in [2.45, 2.75) is 13.3 Å². The zero-order valence-corrected chi connectivity index (χ0v) is 15.1. The number of nitrogens with one attached hydrogen (secondary N) is 2. The summed E-state index contributed by atoms with van der Waals surface area (Å²) in [5.74, 6) is 0.638. The molecule has 7 nitrogen and oxygen atoms in total. The van der Waals surface area contributed by atoms with E-state index >= 15 is 0 Å². The van der Waals surface area contributed by atoms with Crippen LogP contribution in [0.2, 0.25) is 0 Å². The van der Waals surface area contributed by atoms with E-state index in [-0.39, 0.29) is 5.91 Å². The van der Waals surface area contributed by atoms with Crippen molar-refractivity contribution in [1.82, 2.24) is 24.8 Å². The van der Waals surface area contributed by atoms with Crippen LogP contribution in [0.1, 0.15) is 12.1 Å². The van der Waals surface area contributed by atoms with Crippen LogP contribution in [-0.4, -0.2) is 43.8 Å². The van der Waals surface area contributed by atoms with E-state index in [1.165, 1.54) is 12.4 Å². The summed E-state index contributed by atoms with van der Waals surface area (Å²) in [6.07, 6.45) is 9.52. The number of amides is 1. The molecule has 0 fully saturated rings. The number of hydrogen-bond acceptors (Lipinski definition) is 5. The number of pyridine rings is 1. The van der Waals surface area contributed by atoms with E-state index < -0.39 is 0 Å². The molecular formula is C20H20N6O. The van der Waals surface area contributed by atoms with Crippen LogP contribution in [0.4, 0.5) is 5.82 Å². The first-order chi connectivity index (χ1) is 13.2. The van der Waals surface area contributed by atoms with Gasteiger partial charge in [-0.1, -0.05) is 18.7 Å². The third-order valence-corrected chi connectivity index (χ3v) is 4.61. The van der Waals surface area contributed by atoms with Gasteiger partial charge in [0.15, 0.2) is 0 Å². The number of anilines is 1. The van der Waals surface area contributed by atoms with E-state index in [0.29, 0.717) is 18.9 Å². The van der Waals surface area contributed by atoms with Crippen LogP contribution in [0.5, 0.6) is 0 Å². The maximum absolute atomic E-state index is 11.9. The van der Waals surface area contributed by atoms with Crippen LogP contribution in [-0.2, 0) is 4.79 Å². The topological polar surface area (TPSA) is 86.8 Å². The van der Waals surface area contributed by atoms with Gasteiger partial charge in [-0.15, -0.1) is 0 Å². The van der Waals surface area contributed by atoms with E-state index in [1.54, 1.807) is 4.90 Å². The number of hydrogen-bond donors (Lipinski definition) is 2. The van der Waals surface area contributed by atoms with Crippen LogP contribution >= 0.6 is 0 Å². The van der Waals surface area contributed by atoms with Crippen molar-refractivity contribution in [3.8, 4) is 11.1 Å². The minimum Gasteiger partial charge on any atom is -0.345 e. The number of fused-ring (bicyclic) bond motifs is 1. The second-order valence-corrected chi connectivity index (χ2v) is 6.44. The quantitative estimate of drug-likeness (QED) is 0.699. The second kappa shape index (κ2) is 7.03. The summed E-state index contributed by atoms with van der Waals surface area (Å²) in [6.45, 7) is 6.72. The third kappa shape index (κ3) is 3.31. The Labute approximate surface area is 156 Å². The number of carbonyl (C=O) groups is 1. The highest BCUT2D eigenvalue weighted by atomic mass is 16.2. The van der Waals surface area contributed by atoms with Crippen molar-refractivity contribution in [3.63, 3.8) is 0 Å². The van der Waals surface area contributed by atoms with Gasteiger partial charge < -0.3 is 15.2 Å². The second-order valence-electron chi connectivity index (χ2n) is 6.44. The van der Waals surface area contributed by atoms with Gasteiger partial charge >= 0.3 is 0 Å².